The molecule has 4 aromatic rings. The molecule has 0 spiro atoms. The highest BCUT2D eigenvalue weighted by Gasteiger charge is 2.28. The molecule has 1 aliphatic rings. The van der Waals surface area contributed by atoms with Crippen LogP contribution < -0.4 is 9.47 Å². The Labute approximate surface area is 194 Å². The largest absolute Gasteiger partial charge is 0.491 e. The van der Waals surface area contributed by atoms with E-state index in [9.17, 15) is 9.50 Å². The smallest absolute Gasteiger partial charge is 0.228 e. The van der Waals surface area contributed by atoms with Gasteiger partial charge in [0.1, 0.15) is 35.1 Å². The third-order valence-electron chi connectivity index (χ3n) is 5.61. The Morgan fingerprint density at radius 2 is 1.91 bits per heavy atom. The number of fused-ring (bicyclic) bond motifs is 1. The number of nitrogens with zero attached hydrogens (tertiary/aromatic N) is 4. The zero-order valence-electron chi connectivity index (χ0n) is 17.7. The fraction of sp³-hybridized carbons (Fsp3) is 0.292. The zero-order valence-corrected chi connectivity index (χ0v) is 18.5. The second-order valence-corrected chi connectivity index (χ2v) is 8.33. The molecule has 1 fully saturated rings. The quantitative estimate of drug-likeness (QED) is 0.385. The number of ether oxygens (including phenoxy) is 2. The maximum Gasteiger partial charge on any atom is 0.228 e. The van der Waals surface area contributed by atoms with Crippen molar-refractivity contribution in [3.8, 4) is 17.3 Å². The summed E-state index contributed by atoms with van der Waals surface area (Å²) in [6.07, 6.45) is 2.71. The van der Waals surface area contributed by atoms with Gasteiger partial charge in [-0.2, -0.15) is 10.1 Å². The minimum atomic E-state index is -0.415. The van der Waals surface area contributed by atoms with E-state index in [-0.39, 0.29) is 17.9 Å². The number of aliphatic hydroxyl groups excluding tert-OH is 1. The molecule has 1 saturated carbocycles. The van der Waals surface area contributed by atoms with Gasteiger partial charge in [-0.05, 0) is 36.5 Å². The van der Waals surface area contributed by atoms with E-state index in [0.717, 1.165) is 5.56 Å². The molecule has 0 saturated heterocycles. The van der Waals surface area contributed by atoms with Crippen LogP contribution in [-0.4, -0.2) is 37.6 Å². The first-order chi connectivity index (χ1) is 16.1. The molecule has 1 aliphatic carbocycles. The fourth-order valence-electron chi connectivity index (χ4n) is 3.82. The molecule has 2 aromatic carbocycles. The molecule has 5 rings (SSSR count). The van der Waals surface area contributed by atoms with Crippen molar-refractivity contribution >= 4 is 22.6 Å². The predicted octanol–water partition coefficient (Wildman–Crippen LogP) is 4.42. The van der Waals surface area contributed by atoms with Crippen LogP contribution in [0.15, 0.2) is 54.7 Å². The second kappa shape index (κ2) is 9.33. The minimum absolute atomic E-state index is 0.0968. The Bertz CT molecular complexity index is 1260. The Hall–Kier alpha value is -3.23. The molecule has 1 N–H and O–H groups in total. The number of hydrogen-bond donors (Lipinski definition) is 1. The average Bonchev–Trinajstić information content (AvgIpc) is 3.24. The summed E-state index contributed by atoms with van der Waals surface area (Å²) < 4.78 is 27.5. The minimum Gasteiger partial charge on any atom is -0.491 e. The highest BCUT2D eigenvalue weighted by molar-refractivity contribution is 6.16. The fourth-order valence-corrected chi connectivity index (χ4v) is 3.94. The third kappa shape index (κ3) is 4.62. The topological polar surface area (TPSA) is 82.3 Å². The Morgan fingerprint density at radius 3 is 2.67 bits per heavy atom. The lowest BCUT2D eigenvalue weighted by Crippen LogP contribution is -2.32. The van der Waals surface area contributed by atoms with Gasteiger partial charge in [0.05, 0.1) is 24.8 Å². The van der Waals surface area contributed by atoms with E-state index >= 15 is 0 Å². The van der Waals surface area contributed by atoms with Crippen molar-refractivity contribution in [3.63, 3.8) is 0 Å². The van der Waals surface area contributed by atoms with Gasteiger partial charge in [-0.25, -0.2) is 14.1 Å². The number of hydrogen-bond acceptors (Lipinski definition) is 6. The maximum absolute atomic E-state index is 14.0. The van der Waals surface area contributed by atoms with Gasteiger partial charge in [0.2, 0.25) is 5.88 Å². The van der Waals surface area contributed by atoms with Gasteiger partial charge in [0, 0.05) is 6.07 Å². The summed E-state index contributed by atoms with van der Waals surface area (Å²) in [6.45, 7) is 0.720. The number of benzene rings is 2. The number of aliphatic hydroxyl groups is 1. The van der Waals surface area contributed by atoms with Crippen molar-refractivity contribution in [3.05, 3.63) is 71.9 Å². The van der Waals surface area contributed by atoms with Crippen molar-refractivity contribution in [2.45, 2.75) is 31.4 Å². The number of aromatic nitrogens is 4. The summed E-state index contributed by atoms with van der Waals surface area (Å²) in [5.74, 6) is 1.04. The maximum atomic E-state index is 14.0. The van der Waals surface area contributed by atoms with Crippen LogP contribution in [0, 0.1) is 11.7 Å². The van der Waals surface area contributed by atoms with Crippen molar-refractivity contribution in [2.24, 2.45) is 5.92 Å². The molecule has 0 radical (unpaired) electrons. The number of halogens is 2. The molecule has 0 unspecified atom stereocenters. The summed E-state index contributed by atoms with van der Waals surface area (Å²) >= 11 is 6.05. The molecule has 170 valence electrons. The van der Waals surface area contributed by atoms with Gasteiger partial charge in [-0.3, -0.25) is 0 Å². The summed E-state index contributed by atoms with van der Waals surface area (Å²) in [5.41, 5.74) is 2.03. The van der Waals surface area contributed by atoms with E-state index in [1.54, 1.807) is 16.9 Å². The first kappa shape index (κ1) is 21.6. The van der Waals surface area contributed by atoms with Crippen LogP contribution in [0.3, 0.4) is 0 Å². The monoisotopic (exact) mass is 468 g/mol. The van der Waals surface area contributed by atoms with Gasteiger partial charge >= 0.3 is 0 Å². The summed E-state index contributed by atoms with van der Waals surface area (Å²) in [5, 5.41) is 14.6. The van der Waals surface area contributed by atoms with E-state index in [1.807, 2.05) is 30.3 Å². The van der Waals surface area contributed by atoms with Crippen molar-refractivity contribution < 1.29 is 19.0 Å². The van der Waals surface area contributed by atoms with Crippen molar-refractivity contribution in [1.82, 2.24) is 19.7 Å². The Balaban J connectivity index is 1.48. The highest BCUT2D eigenvalue weighted by Crippen LogP contribution is 2.32. The molecule has 9 heteroatoms. The Kier molecular flexibility index (Phi) is 6.11. The van der Waals surface area contributed by atoms with E-state index < -0.39 is 5.82 Å². The van der Waals surface area contributed by atoms with Gasteiger partial charge in [-0.1, -0.05) is 30.3 Å². The molecule has 7 nitrogen and oxygen atoms in total. The highest BCUT2D eigenvalue weighted by atomic mass is 35.5. The molecule has 2 aromatic heterocycles. The average molecular weight is 469 g/mol. The van der Waals surface area contributed by atoms with Crippen LogP contribution in [0.1, 0.15) is 24.2 Å². The van der Waals surface area contributed by atoms with Crippen LogP contribution in [0.25, 0.3) is 16.7 Å². The van der Waals surface area contributed by atoms with Crippen LogP contribution in [0.4, 0.5) is 4.39 Å². The summed E-state index contributed by atoms with van der Waals surface area (Å²) in [7, 11) is 0. The molecule has 2 heterocycles. The zero-order chi connectivity index (χ0) is 22.8. The summed E-state index contributed by atoms with van der Waals surface area (Å²) in [4.78, 5) is 8.97. The normalized spacial score (nSPS) is 17.7. The molecular formula is C24H22ClFN4O3. The summed E-state index contributed by atoms with van der Waals surface area (Å²) in [6, 6.07) is 14.0. The Morgan fingerprint density at radius 1 is 1.09 bits per heavy atom. The lowest BCUT2D eigenvalue weighted by atomic mass is 9.83. The third-order valence-corrected chi connectivity index (χ3v) is 5.85. The number of alkyl halides is 1. The first-order valence-electron chi connectivity index (χ1n) is 10.7. The SMILES string of the molecule is OC1CC(COc2cc(F)ccc2-n2ncc3c(OCc4ccccc4)nc(CCl)nc32)C1. The molecule has 0 aliphatic heterocycles. The van der Waals surface area contributed by atoms with Crippen LogP contribution in [-0.2, 0) is 12.5 Å². The number of rotatable bonds is 8. The van der Waals surface area contributed by atoms with Crippen molar-refractivity contribution in [1.29, 1.82) is 0 Å². The van der Waals surface area contributed by atoms with Gasteiger partial charge in [-0.15, -0.1) is 11.6 Å². The van der Waals surface area contributed by atoms with Gasteiger partial charge in [0.15, 0.2) is 5.65 Å². The molecule has 33 heavy (non-hydrogen) atoms. The predicted molar refractivity (Wildman–Crippen MR) is 121 cm³/mol. The van der Waals surface area contributed by atoms with Crippen LogP contribution in [0.5, 0.6) is 11.6 Å². The molecular weight excluding hydrogens is 447 g/mol. The van der Waals surface area contributed by atoms with E-state index in [0.29, 0.717) is 60.2 Å². The van der Waals surface area contributed by atoms with E-state index in [1.165, 1.54) is 12.1 Å². The van der Waals surface area contributed by atoms with Crippen LogP contribution >= 0.6 is 11.6 Å². The lowest BCUT2D eigenvalue weighted by Gasteiger charge is -2.31. The standard InChI is InChI=1S/C24H22ClFN4O3/c25-11-22-28-23-19(24(29-22)33-13-15-4-2-1-3-5-15)12-27-30(23)20-7-6-17(26)10-21(20)32-14-16-8-18(31)9-16/h1-7,10,12,16,18,31H,8-9,11,13-14H2. The second-order valence-electron chi connectivity index (χ2n) is 8.06. The molecule has 0 bridgehead atoms. The first-order valence-corrected chi connectivity index (χ1v) is 11.2. The lowest BCUT2D eigenvalue weighted by molar-refractivity contribution is 0.0202. The van der Waals surface area contributed by atoms with Crippen molar-refractivity contribution in [2.75, 3.05) is 6.61 Å². The van der Waals surface area contributed by atoms with Gasteiger partial charge < -0.3 is 14.6 Å². The van der Waals surface area contributed by atoms with E-state index in [2.05, 4.69) is 15.1 Å². The molecule has 0 amide bonds. The van der Waals surface area contributed by atoms with Crippen LogP contribution in [0.2, 0.25) is 0 Å². The van der Waals surface area contributed by atoms with Gasteiger partial charge in [0.25, 0.3) is 0 Å². The molecule has 0 atom stereocenters. The van der Waals surface area contributed by atoms with E-state index in [4.69, 9.17) is 21.1 Å².